The monoisotopic (exact) mass is 490 g/mol. The van der Waals surface area contributed by atoms with Crippen molar-refractivity contribution in [3.8, 4) is 11.5 Å². The number of carbonyl (C=O) groups is 2. The Morgan fingerprint density at radius 2 is 1.61 bits per heavy atom. The summed E-state index contributed by atoms with van der Waals surface area (Å²) in [7, 11) is 0. The summed E-state index contributed by atoms with van der Waals surface area (Å²) in [5.74, 6) is -0.300. The fourth-order valence-corrected chi connectivity index (χ4v) is 3.56. The standard InChI is InChI=1S/C29H34N2O5/c1-29(2,3)36-28(34)25(16-11-20-7-5-4-6-8-20)31-27(33)22-12-15-24(30)26(19-22)35-18-17-21-9-13-23(32)14-10-21/h4-10,12-15,19,25,32H,11,16-18,30H2,1-3H3,(H,31,33)/t25-/m0/s1. The molecule has 1 atom stereocenters. The Kier molecular flexibility index (Phi) is 8.95. The average molecular weight is 491 g/mol. The van der Waals surface area contributed by atoms with Crippen LogP contribution >= 0.6 is 0 Å². The van der Waals surface area contributed by atoms with Gasteiger partial charge in [-0.25, -0.2) is 4.79 Å². The van der Waals surface area contributed by atoms with E-state index in [0.717, 1.165) is 11.1 Å². The number of ether oxygens (including phenoxy) is 2. The van der Waals surface area contributed by atoms with Crippen LogP contribution in [0.2, 0.25) is 0 Å². The van der Waals surface area contributed by atoms with Gasteiger partial charge in [-0.15, -0.1) is 0 Å². The highest BCUT2D eigenvalue weighted by atomic mass is 16.6. The maximum atomic E-state index is 13.1. The number of amides is 1. The number of phenolic OH excluding ortho intramolecular Hbond substituents is 1. The molecule has 0 aromatic heterocycles. The molecule has 0 spiro atoms. The van der Waals surface area contributed by atoms with E-state index in [4.69, 9.17) is 15.2 Å². The molecule has 0 bridgehead atoms. The topological polar surface area (TPSA) is 111 Å². The van der Waals surface area contributed by atoms with Crippen LogP contribution in [0.3, 0.4) is 0 Å². The Bertz CT molecular complexity index is 1150. The van der Waals surface area contributed by atoms with Crippen molar-refractivity contribution in [2.75, 3.05) is 12.3 Å². The van der Waals surface area contributed by atoms with E-state index in [2.05, 4.69) is 5.32 Å². The molecule has 0 aliphatic heterocycles. The maximum absolute atomic E-state index is 13.1. The van der Waals surface area contributed by atoms with Gasteiger partial charge in [0.1, 0.15) is 23.1 Å². The molecular weight excluding hydrogens is 456 g/mol. The molecule has 4 N–H and O–H groups in total. The first-order valence-electron chi connectivity index (χ1n) is 12.0. The summed E-state index contributed by atoms with van der Waals surface area (Å²) in [6, 6.07) is 20.6. The molecule has 0 aliphatic rings. The van der Waals surface area contributed by atoms with E-state index in [-0.39, 0.29) is 5.75 Å². The van der Waals surface area contributed by atoms with E-state index >= 15 is 0 Å². The molecule has 190 valence electrons. The van der Waals surface area contributed by atoms with Crippen molar-refractivity contribution in [2.45, 2.75) is 51.7 Å². The highest BCUT2D eigenvalue weighted by molar-refractivity contribution is 5.97. The fraction of sp³-hybridized carbons (Fsp3) is 0.310. The zero-order chi connectivity index (χ0) is 26.1. The Morgan fingerprint density at radius 3 is 2.28 bits per heavy atom. The van der Waals surface area contributed by atoms with Crippen molar-refractivity contribution in [1.29, 1.82) is 0 Å². The molecular formula is C29H34N2O5. The largest absolute Gasteiger partial charge is 0.508 e. The van der Waals surface area contributed by atoms with E-state index < -0.39 is 23.5 Å². The van der Waals surface area contributed by atoms with Crippen LogP contribution in [0.5, 0.6) is 11.5 Å². The lowest BCUT2D eigenvalue weighted by molar-refractivity contribution is -0.157. The van der Waals surface area contributed by atoms with Crippen LogP contribution in [0.4, 0.5) is 5.69 Å². The zero-order valence-electron chi connectivity index (χ0n) is 21.0. The third kappa shape index (κ3) is 8.34. The highest BCUT2D eigenvalue weighted by Gasteiger charge is 2.27. The van der Waals surface area contributed by atoms with Crippen molar-refractivity contribution in [3.05, 3.63) is 89.5 Å². The Hall–Kier alpha value is -4.00. The molecule has 0 saturated heterocycles. The second kappa shape index (κ2) is 12.1. The van der Waals surface area contributed by atoms with Crippen LogP contribution in [0.25, 0.3) is 0 Å². The normalized spacial score (nSPS) is 12.0. The fourth-order valence-electron chi connectivity index (χ4n) is 3.56. The summed E-state index contributed by atoms with van der Waals surface area (Å²) in [5.41, 5.74) is 8.19. The third-order valence-electron chi connectivity index (χ3n) is 5.42. The number of esters is 1. The number of hydrogen-bond donors (Lipinski definition) is 3. The molecule has 0 saturated carbocycles. The second-order valence-corrected chi connectivity index (χ2v) is 9.60. The molecule has 0 fully saturated rings. The number of anilines is 1. The molecule has 36 heavy (non-hydrogen) atoms. The third-order valence-corrected chi connectivity index (χ3v) is 5.42. The van der Waals surface area contributed by atoms with Crippen LogP contribution in [0.1, 0.15) is 48.7 Å². The molecule has 3 aromatic carbocycles. The first kappa shape index (κ1) is 26.6. The number of benzene rings is 3. The van der Waals surface area contributed by atoms with Gasteiger partial charge in [0, 0.05) is 12.0 Å². The summed E-state index contributed by atoms with van der Waals surface area (Å²) < 4.78 is 11.4. The van der Waals surface area contributed by atoms with E-state index in [0.29, 0.717) is 42.9 Å². The number of nitrogen functional groups attached to an aromatic ring is 1. The maximum Gasteiger partial charge on any atom is 0.329 e. The number of aromatic hydroxyl groups is 1. The molecule has 3 rings (SSSR count). The van der Waals surface area contributed by atoms with Crippen molar-refractivity contribution in [2.24, 2.45) is 0 Å². The Balaban J connectivity index is 1.67. The van der Waals surface area contributed by atoms with Crippen LogP contribution in [0.15, 0.2) is 72.8 Å². The van der Waals surface area contributed by atoms with Gasteiger partial charge in [-0.3, -0.25) is 4.79 Å². The predicted molar refractivity (Wildman–Crippen MR) is 140 cm³/mol. The minimum atomic E-state index is -0.812. The van der Waals surface area contributed by atoms with Gasteiger partial charge in [-0.2, -0.15) is 0 Å². The predicted octanol–water partition coefficient (Wildman–Crippen LogP) is 4.67. The SMILES string of the molecule is CC(C)(C)OC(=O)[C@H](CCc1ccccc1)NC(=O)c1ccc(N)c(OCCc2ccc(O)cc2)c1. The van der Waals surface area contributed by atoms with Gasteiger partial charge in [0.15, 0.2) is 0 Å². The quantitative estimate of drug-likeness (QED) is 0.281. The lowest BCUT2D eigenvalue weighted by atomic mass is 10.0. The molecule has 0 radical (unpaired) electrons. The van der Waals surface area contributed by atoms with E-state index in [1.165, 1.54) is 0 Å². The number of nitrogens with one attached hydrogen (secondary N) is 1. The second-order valence-electron chi connectivity index (χ2n) is 9.60. The summed E-state index contributed by atoms with van der Waals surface area (Å²) >= 11 is 0. The Morgan fingerprint density at radius 1 is 0.944 bits per heavy atom. The highest BCUT2D eigenvalue weighted by Crippen LogP contribution is 2.24. The molecule has 3 aromatic rings. The van der Waals surface area contributed by atoms with Crippen molar-refractivity contribution >= 4 is 17.6 Å². The summed E-state index contributed by atoms with van der Waals surface area (Å²) in [4.78, 5) is 26.0. The van der Waals surface area contributed by atoms with Crippen molar-refractivity contribution < 1.29 is 24.2 Å². The summed E-state index contributed by atoms with van der Waals surface area (Å²) in [5, 5.41) is 12.2. The van der Waals surface area contributed by atoms with Crippen LogP contribution in [0, 0.1) is 0 Å². The van der Waals surface area contributed by atoms with Gasteiger partial charge in [-0.05, 0) is 75.1 Å². The van der Waals surface area contributed by atoms with Crippen LogP contribution < -0.4 is 15.8 Å². The zero-order valence-corrected chi connectivity index (χ0v) is 21.0. The van der Waals surface area contributed by atoms with Gasteiger partial charge in [-0.1, -0.05) is 42.5 Å². The van der Waals surface area contributed by atoms with E-state index in [1.54, 1.807) is 51.1 Å². The van der Waals surface area contributed by atoms with E-state index in [9.17, 15) is 14.7 Å². The number of hydrogen-bond acceptors (Lipinski definition) is 6. The van der Waals surface area contributed by atoms with Gasteiger partial charge in [0.05, 0.1) is 12.3 Å². The summed E-state index contributed by atoms with van der Waals surface area (Å²) in [6.45, 7) is 5.73. The van der Waals surface area contributed by atoms with E-state index in [1.807, 2.05) is 42.5 Å². The van der Waals surface area contributed by atoms with Gasteiger partial charge in [0.2, 0.25) is 0 Å². The molecule has 7 nitrogen and oxygen atoms in total. The first-order chi connectivity index (χ1) is 17.1. The van der Waals surface area contributed by atoms with Crippen molar-refractivity contribution in [1.82, 2.24) is 5.32 Å². The molecule has 7 heteroatoms. The summed E-state index contributed by atoms with van der Waals surface area (Å²) in [6.07, 6.45) is 1.62. The van der Waals surface area contributed by atoms with Crippen LogP contribution in [-0.4, -0.2) is 35.2 Å². The number of phenols is 1. The molecule has 0 unspecified atom stereocenters. The lowest BCUT2D eigenvalue weighted by Crippen LogP contribution is -2.44. The van der Waals surface area contributed by atoms with Gasteiger partial charge >= 0.3 is 5.97 Å². The van der Waals surface area contributed by atoms with Crippen LogP contribution in [-0.2, 0) is 22.4 Å². The minimum Gasteiger partial charge on any atom is -0.508 e. The number of rotatable bonds is 10. The smallest absolute Gasteiger partial charge is 0.329 e. The molecule has 0 aliphatic carbocycles. The van der Waals surface area contributed by atoms with Crippen molar-refractivity contribution in [3.63, 3.8) is 0 Å². The van der Waals surface area contributed by atoms with Gasteiger partial charge in [0.25, 0.3) is 5.91 Å². The minimum absolute atomic E-state index is 0.205. The number of carbonyl (C=O) groups excluding carboxylic acids is 2. The Labute approximate surface area is 212 Å². The number of aryl methyl sites for hydroxylation is 1. The average Bonchev–Trinajstić information content (AvgIpc) is 2.83. The lowest BCUT2D eigenvalue weighted by Gasteiger charge is -2.25. The number of nitrogens with two attached hydrogens (primary N) is 1. The first-order valence-corrected chi connectivity index (χ1v) is 12.0. The molecule has 0 heterocycles. The molecule has 1 amide bonds. The van der Waals surface area contributed by atoms with Gasteiger partial charge < -0.3 is 25.6 Å².